The Bertz CT molecular complexity index is 812. The number of amides is 1. The predicted molar refractivity (Wildman–Crippen MR) is 84.9 cm³/mol. The molecule has 112 valence electrons. The van der Waals surface area contributed by atoms with Crippen molar-refractivity contribution in [2.24, 2.45) is 0 Å². The smallest absolute Gasteiger partial charge is 0.259 e. The van der Waals surface area contributed by atoms with Crippen LogP contribution in [0.3, 0.4) is 0 Å². The molecule has 2 heterocycles. The molecule has 8 heteroatoms. The minimum Gasteiger partial charge on any atom is -0.287 e. The predicted octanol–water partition coefficient (Wildman–Crippen LogP) is 3.39. The van der Waals surface area contributed by atoms with E-state index < -0.39 is 0 Å². The molecule has 0 saturated carbocycles. The highest BCUT2D eigenvalue weighted by Gasteiger charge is 2.18. The van der Waals surface area contributed by atoms with Crippen LogP contribution in [0.25, 0.3) is 10.7 Å². The van der Waals surface area contributed by atoms with E-state index in [-0.39, 0.29) is 11.7 Å². The van der Waals surface area contributed by atoms with E-state index in [1.54, 1.807) is 7.05 Å². The van der Waals surface area contributed by atoms with Gasteiger partial charge in [0.25, 0.3) is 5.91 Å². The van der Waals surface area contributed by atoms with Crippen molar-refractivity contribution in [3.63, 3.8) is 0 Å². The summed E-state index contributed by atoms with van der Waals surface area (Å²) in [6.07, 6.45) is 0. The van der Waals surface area contributed by atoms with Gasteiger partial charge < -0.3 is 0 Å². The van der Waals surface area contributed by atoms with Crippen LogP contribution in [-0.4, -0.2) is 28.1 Å². The lowest BCUT2D eigenvalue weighted by atomic mass is 10.2. The van der Waals surface area contributed by atoms with Gasteiger partial charge in [-0.25, -0.2) is 9.37 Å². The molecule has 2 aromatic heterocycles. The Labute approximate surface area is 134 Å². The van der Waals surface area contributed by atoms with E-state index >= 15 is 0 Å². The van der Waals surface area contributed by atoms with Crippen LogP contribution in [0.1, 0.15) is 15.4 Å². The first kappa shape index (κ1) is 14.7. The monoisotopic (exact) mass is 334 g/mol. The number of anilines is 1. The number of benzene rings is 1. The van der Waals surface area contributed by atoms with Crippen molar-refractivity contribution in [1.29, 1.82) is 0 Å². The van der Waals surface area contributed by atoms with Crippen LogP contribution in [0.15, 0.2) is 29.6 Å². The molecule has 0 aliphatic carbocycles. The number of nitrogens with zero attached hydrogens (tertiary/aromatic N) is 4. The summed E-state index contributed by atoms with van der Waals surface area (Å²) in [7, 11) is 1.64. The summed E-state index contributed by atoms with van der Waals surface area (Å²) in [5, 5.41) is 12.0. The van der Waals surface area contributed by atoms with Gasteiger partial charge in [-0.3, -0.25) is 9.69 Å². The van der Waals surface area contributed by atoms with Gasteiger partial charge in [0.15, 0.2) is 10.1 Å². The highest BCUT2D eigenvalue weighted by molar-refractivity contribution is 7.16. The Kier molecular flexibility index (Phi) is 3.95. The standard InChI is InChI=1S/C14H11FN4OS2/c1-8-17-18-12(22-8)11-7-21-14(16-11)19(2)13(20)9-3-5-10(15)6-4-9/h3-7H,1-2H3. The molecule has 22 heavy (non-hydrogen) atoms. The lowest BCUT2D eigenvalue weighted by molar-refractivity contribution is 0.0993. The van der Waals surface area contributed by atoms with Gasteiger partial charge in [-0.15, -0.1) is 21.5 Å². The van der Waals surface area contributed by atoms with E-state index in [1.807, 2.05) is 12.3 Å². The minimum atomic E-state index is -0.373. The van der Waals surface area contributed by atoms with E-state index in [0.29, 0.717) is 16.4 Å². The molecule has 3 rings (SSSR count). The molecular weight excluding hydrogens is 323 g/mol. The summed E-state index contributed by atoms with van der Waals surface area (Å²) in [6.45, 7) is 1.87. The number of aromatic nitrogens is 3. The van der Waals surface area contributed by atoms with Crippen LogP contribution in [0.5, 0.6) is 0 Å². The molecule has 0 atom stereocenters. The molecule has 0 saturated heterocycles. The summed E-state index contributed by atoms with van der Waals surface area (Å²) in [5.41, 5.74) is 1.11. The van der Waals surface area contributed by atoms with Crippen molar-refractivity contribution in [3.8, 4) is 10.7 Å². The average molecular weight is 334 g/mol. The number of rotatable bonds is 3. The molecule has 0 aliphatic rings. The van der Waals surface area contributed by atoms with Crippen LogP contribution in [0.2, 0.25) is 0 Å². The fraction of sp³-hybridized carbons (Fsp3) is 0.143. The number of hydrogen-bond acceptors (Lipinski definition) is 6. The second kappa shape index (κ2) is 5.90. The second-order valence-corrected chi connectivity index (χ2v) is 6.53. The largest absolute Gasteiger partial charge is 0.287 e. The number of halogens is 1. The van der Waals surface area contributed by atoms with Gasteiger partial charge in [0.2, 0.25) is 0 Å². The summed E-state index contributed by atoms with van der Waals surface area (Å²) in [6, 6.07) is 5.43. The normalized spacial score (nSPS) is 10.7. The van der Waals surface area contributed by atoms with Gasteiger partial charge in [0.05, 0.1) is 0 Å². The SMILES string of the molecule is Cc1nnc(-c2csc(N(C)C(=O)c3ccc(F)cc3)n2)s1. The zero-order valence-corrected chi connectivity index (χ0v) is 13.4. The maximum absolute atomic E-state index is 12.9. The number of carbonyl (C=O) groups is 1. The molecule has 0 fully saturated rings. The third-order valence-electron chi connectivity index (χ3n) is 2.92. The molecule has 0 spiro atoms. The molecule has 0 unspecified atom stereocenters. The maximum Gasteiger partial charge on any atom is 0.259 e. The first-order valence-electron chi connectivity index (χ1n) is 6.34. The van der Waals surface area contributed by atoms with Gasteiger partial charge in [0, 0.05) is 18.0 Å². The van der Waals surface area contributed by atoms with Crippen molar-refractivity contribution in [1.82, 2.24) is 15.2 Å². The minimum absolute atomic E-state index is 0.241. The zero-order chi connectivity index (χ0) is 15.7. The molecule has 3 aromatic rings. The van der Waals surface area contributed by atoms with Gasteiger partial charge in [-0.05, 0) is 31.2 Å². The third-order valence-corrected chi connectivity index (χ3v) is 4.70. The Morgan fingerprint density at radius 3 is 2.59 bits per heavy atom. The second-order valence-electron chi connectivity index (χ2n) is 4.51. The Hall–Kier alpha value is -2.19. The van der Waals surface area contributed by atoms with E-state index in [1.165, 1.54) is 51.8 Å². The fourth-order valence-electron chi connectivity index (χ4n) is 1.79. The Morgan fingerprint density at radius 2 is 1.95 bits per heavy atom. The highest BCUT2D eigenvalue weighted by atomic mass is 32.1. The van der Waals surface area contributed by atoms with E-state index in [0.717, 1.165) is 10.0 Å². The fourth-order valence-corrected chi connectivity index (χ4v) is 3.29. The summed E-state index contributed by atoms with van der Waals surface area (Å²) >= 11 is 2.80. The van der Waals surface area contributed by atoms with Crippen LogP contribution < -0.4 is 4.90 Å². The number of carbonyl (C=O) groups excluding carboxylic acids is 1. The zero-order valence-electron chi connectivity index (χ0n) is 11.8. The van der Waals surface area contributed by atoms with Crippen LogP contribution >= 0.6 is 22.7 Å². The summed E-state index contributed by atoms with van der Waals surface area (Å²) < 4.78 is 12.9. The summed E-state index contributed by atoms with van der Waals surface area (Å²) in [5.74, 6) is -0.614. The Morgan fingerprint density at radius 1 is 1.23 bits per heavy atom. The molecular formula is C14H11FN4OS2. The van der Waals surface area contributed by atoms with Gasteiger partial charge in [-0.2, -0.15) is 0 Å². The maximum atomic E-state index is 12.9. The molecule has 0 aliphatic heterocycles. The molecule has 1 aromatic carbocycles. The van der Waals surface area contributed by atoms with E-state index in [2.05, 4.69) is 15.2 Å². The molecule has 5 nitrogen and oxygen atoms in total. The quantitative estimate of drug-likeness (QED) is 0.737. The van der Waals surface area contributed by atoms with Gasteiger partial charge in [0.1, 0.15) is 16.5 Å². The first-order chi connectivity index (χ1) is 10.5. The molecule has 1 amide bonds. The lowest BCUT2D eigenvalue weighted by Gasteiger charge is -2.13. The number of aryl methyl sites for hydroxylation is 1. The first-order valence-corrected chi connectivity index (χ1v) is 8.04. The van der Waals surface area contributed by atoms with Crippen molar-refractivity contribution < 1.29 is 9.18 Å². The number of thiazole rings is 1. The van der Waals surface area contributed by atoms with Gasteiger partial charge >= 0.3 is 0 Å². The van der Waals surface area contributed by atoms with Crippen LogP contribution in [0, 0.1) is 12.7 Å². The van der Waals surface area contributed by atoms with Gasteiger partial charge in [-0.1, -0.05) is 11.3 Å². The van der Waals surface area contributed by atoms with Crippen molar-refractivity contribution in [3.05, 3.63) is 46.0 Å². The van der Waals surface area contributed by atoms with E-state index in [9.17, 15) is 9.18 Å². The van der Waals surface area contributed by atoms with Crippen molar-refractivity contribution in [2.75, 3.05) is 11.9 Å². The average Bonchev–Trinajstić information content (AvgIpc) is 3.15. The highest BCUT2D eigenvalue weighted by Crippen LogP contribution is 2.29. The summed E-state index contributed by atoms with van der Waals surface area (Å²) in [4.78, 5) is 18.2. The number of hydrogen-bond donors (Lipinski definition) is 0. The van der Waals surface area contributed by atoms with Crippen LogP contribution in [-0.2, 0) is 0 Å². The molecule has 0 radical (unpaired) electrons. The third kappa shape index (κ3) is 2.88. The molecule has 0 N–H and O–H groups in total. The lowest BCUT2D eigenvalue weighted by Crippen LogP contribution is -2.26. The van der Waals surface area contributed by atoms with Crippen molar-refractivity contribution >= 4 is 33.7 Å². The molecule has 0 bridgehead atoms. The Balaban J connectivity index is 1.83. The van der Waals surface area contributed by atoms with Crippen molar-refractivity contribution in [2.45, 2.75) is 6.92 Å². The van der Waals surface area contributed by atoms with Crippen LogP contribution in [0.4, 0.5) is 9.52 Å². The topological polar surface area (TPSA) is 59.0 Å². The van der Waals surface area contributed by atoms with E-state index in [4.69, 9.17) is 0 Å².